The summed E-state index contributed by atoms with van der Waals surface area (Å²) in [4.78, 5) is 12.0. The quantitative estimate of drug-likeness (QED) is 0.322. The zero-order chi connectivity index (χ0) is 22.9. The van der Waals surface area contributed by atoms with Crippen LogP contribution in [0.25, 0.3) is 27.7 Å². The van der Waals surface area contributed by atoms with E-state index in [2.05, 4.69) is 15.4 Å². The molecule has 10 nitrogen and oxygen atoms in total. The second-order valence-corrected chi connectivity index (χ2v) is 10.2. The van der Waals surface area contributed by atoms with E-state index in [0.29, 0.717) is 0 Å². The van der Waals surface area contributed by atoms with Crippen molar-refractivity contribution in [3.8, 4) is 16.8 Å². The standard InChI is InChI=1S/C21H22N6O4S/c1-21(20(28)24-29,32(2,30)31)9-11-26-14-16-13-15(7-8-18(16)23-26)17-5-3-4-6-19(17)27-12-10-22-25-27/h3-8,10,12-14,29H,9,11H2,1-2H3,(H,24,28)/t21-/m1/s1. The number of amides is 1. The van der Waals surface area contributed by atoms with Crippen molar-refractivity contribution in [2.75, 3.05) is 6.26 Å². The fourth-order valence-corrected chi connectivity index (χ4v) is 4.37. The molecule has 4 aromatic rings. The average Bonchev–Trinajstić information content (AvgIpc) is 3.45. The number of aryl methyl sites for hydroxylation is 1. The van der Waals surface area contributed by atoms with Gasteiger partial charge in [0, 0.05) is 29.9 Å². The van der Waals surface area contributed by atoms with Gasteiger partial charge in [-0.3, -0.25) is 14.7 Å². The molecule has 32 heavy (non-hydrogen) atoms. The summed E-state index contributed by atoms with van der Waals surface area (Å²) in [7, 11) is -3.77. The number of nitrogens with one attached hydrogen (secondary N) is 1. The molecule has 2 N–H and O–H groups in total. The second-order valence-electron chi connectivity index (χ2n) is 7.72. The van der Waals surface area contributed by atoms with E-state index in [-0.39, 0.29) is 13.0 Å². The van der Waals surface area contributed by atoms with Gasteiger partial charge in [-0.15, -0.1) is 5.10 Å². The lowest BCUT2D eigenvalue weighted by Crippen LogP contribution is -2.49. The lowest BCUT2D eigenvalue weighted by molar-refractivity contribution is -0.131. The second kappa shape index (κ2) is 8.17. The van der Waals surface area contributed by atoms with Crippen molar-refractivity contribution in [1.82, 2.24) is 30.3 Å². The maximum absolute atomic E-state index is 12.2. The van der Waals surface area contributed by atoms with Crippen molar-refractivity contribution in [2.24, 2.45) is 0 Å². The fraction of sp³-hybridized carbons (Fsp3) is 0.238. The first kappa shape index (κ1) is 21.7. The number of hydrogen-bond donors (Lipinski definition) is 2. The topological polar surface area (TPSA) is 132 Å². The molecule has 1 amide bonds. The largest absolute Gasteiger partial charge is 0.289 e. The highest BCUT2D eigenvalue weighted by molar-refractivity contribution is 7.92. The summed E-state index contributed by atoms with van der Waals surface area (Å²) in [6.07, 6.45) is 6.12. The third-order valence-corrected chi connectivity index (χ3v) is 7.68. The van der Waals surface area contributed by atoms with Crippen molar-refractivity contribution in [3.05, 3.63) is 61.1 Å². The van der Waals surface area contributed by atoms with E-state index in [4.69, 9.17) is 5.21 Å². The van der Waals surface area contributed by atoms with E-state index in [0.717, 1.165) is 34.0 Å². The Balaban J connectivity index is 1.65. The van der Waals surface area contributed by atoms with Gasteiger partial charge < -0.3 is 0 Å². The molecular weight excluding hydrogens is 432 g/mol. The Morgan fingerprint density at radius 2 is 2.00 bits per heavy atom. The molecule has 0 unspecified atom stereocenters. The van der Waals surface area contributed by atoms with Crippen molar-refractivity contribution in [2.45, 2.75) is 24.6 Å². The number of nitrogens with zero attached hydrogens (tertiary/aromatic N) is 5. The number of hydrogen-bond acceptors (Lipinski definition) is 7. The number of carbonyl (C=O) groups excluding carboxylic acids is 1. The van der Waals surface area contributed by atoms with Crippen LogP contribution >= 0.6 is 0 Å². The lowest BCUT2D eigenvalue weighted by Gasteiger charge is -2.24. The van der Waals surface area contributed by atoms with Gasteiger partial charge in [0.2, 0.25) is 0 Å². The summed E-state index contributed by atoms with van der Waals surface area (Å²) >= 11 is 0. The molecule has 11 heteroatoms. The maximum atomic E-state index is 12.2. The number of carbonyl (C=O) groups is 1. The molecule has 0 fully saturated rings. The van der Waals surface area contributed by atoms with E-state index < -0.39 is 20.5 Å². The average molecular weight is 455 g/mol. The van der Waals surface area contributed by atoms with Gasteiger partial charge >= 0.3 is 0 Å². The summed E-state index contributed by atoms with van der Waals surface area (Å²) in [5, 5.41) is 22.3. The number of fused-ring (bicyclic) bond motifs is 1. The van der Waals surface area contributed by atoms with Gasteiger partial charge in [0.05, 0.1) is 23.6 Å². The first-order valence-corrected chi connectivity index (χ1v) is 11.7. The van der Waals surface area contributed by atoms with Crippen LogP contribution in [-0.4, -0.2) is 55.3 Å². The van der Waals surface area contributed by atoms with Crippen molar-refractivity contribution >= 4 is 26.6 Å². The monoisotopic (exact) mass is 454 g/mol. The highest BCUT2D eigenvalue weighted by atomic mass is 32.2. The van der Waals surface area contributed by atoms with Crippen molar-refractivity contribution in [1.29, 1.82) is 0 Å². The SMILES string of the molecule is C[C@@](CCn1cc2cc(-c3ccccc3-n3ccnn3)ccc2n1)(C(=O)NO)S(C)(=O)=O. The van der Waals surface area contributed by atoms with E-state index in [1.807, 2.05) is 42.5 Å². The van der Waals surface area contributed by atoms with Crippen LogP contribution in [0.1, 0.15) is 13.3 Å². The molecule has 1 atom stereocenters. The van der Waals surface area contributed by atoms with E-state index in [1.54, 1.807) is 28.0 Å². The Hall–Kier alpha value is -3.57. The molecule has 0 aliphatic carbocycles. The molecule has 0 aliphatic rings. The van der Waals surface area contributed by atoms with Gasteiger partial charge in [0.25, 0.3) is 5.91 Å². The third kappa shape index (κ3) is 3.87. The van der Waals surface area contributed by atoms with Crippen molar-refractivity contribution in [3.63, 3.8) is 0 Å². The first-order chi connectivity index (χ1) is 15.2. The zero-order valence-corrected chi connectivity index (χ0v) is 18.3. The van der Waals surface area contributed by atoms with Gasteiger partial charge in [-0.2, -0.15) is 5.10 Å². The van der Waals surface area contributed by atoms with Crippen LogP contribution in [0.2, 0.25) is 0 Å². The predicted molar refractivity (Wildman–Crippen MR) is 118 cm³/mol. The molecule has 166 valence electrons. The molecule has 0 saturated heterocycles. The van der Waals surface area contributed by atoms with Crippen LogP contribution in [0.15, 0.2) is 61.1 Å². The van der Waals surface area contributed by atoms with E-state index in [1.165, 1.54) is 12.4 Å². The number of rotatable bonds is 7. The molecule has 0 saturated carbocycles. The smallest absolute Gasteiger partial charge is 0.264 e. The van der Waals surface area contributed by atoms with Crippen LogP contribution in [0.4, 0.5) is 0 Å². The molecule has 0 radical (unpaired) electrons. The highest BCUT2D eigenvalue weighted by Crippen LogP contribution is 2.29. The number of para-hydroxylation sites is 1. The van der Waals surface area contributed by atoms with Gasteiger partial charge in [-0.05, 0) is 37.1 Å². The molecule has 2 heterocycles. The Kier molecular flexibility index (Phi) is 5.53. The third-order valence-electron chi connectivity index (χ3n) is 5.65. The van der Waals surface area contributed by atoms with Crippen LogP contribution in [0.5, 0.6) is 0 Å². The highest BCUT2D eigenvalue weighted by Gasteiger charge is 2.43. The molecule has 0 bridgehead atoms. The van der Waals surface area contributed by atoms with Crippen LogP contribution in [-0.2, 0) is 21.2 Å². The number of hydroxylamine groups is 1. The fourth-order valence-electron chi connectivity index (χ4n) is 3.53. The summed E-state index contributed by atoms with van der Waals surface area (Å²) in [6.45, 7) is 1.47. The minimum absolute atomic E-state index is 0.0474. The molecule has 2 aromatic carbocycles. The number of sulfone groups is 1. The van der Waals surface area contributed by atoms with E-state index >= 15 is 0 Å². The van der Waals surface area contributed by atoms with Crippen LogP contribution < -0.4 is 5.48 Å². The first-order valence-electron chi connectivity index (χ1n) is 9.80. The predicted octanol–water partition coefficient (Wildman–Crippen LogP) is 1.98. The normalized spacial score (nSPS) is 13.7. The molecule has 2 aromatic heterocycles. The van der Waals surface area contributed by atoms with Gasteiger partial charge in [-0.25, -0.2) is 18.6 Å². The Labute approximate surface area is 184 Å². The maximum Gasteiger partial charge on any atom is 0.264 e. The number of aromatic nitrogens is 5. The van der Waals surface area contributed by atoms with Crippen molar-refractivity contribution < 1.29 is 18.4 Å². The van der Waals surface area contributed by atoms with Gasteiger partial charge in [0.1, 0.15) is 0 Å². The Morgan fingerprint density at radius 3 is 2.69 bits per heavy atom. The minimum atomic E-state index is -3.77. The van der Waals surface area contributed by atoms with Gasteiger partial charge in [0.15, 0.2) is 14.6 Å². The number of benzene rings is 2. The Morgan fingerprint density at radius 1 is 1.22 bits per heavy atom. The Bertz CT molecular complexity index is 1380. The van der Waals surface area contributed by atoms with E-state index in [9.17, 15) is 13.2 Å². The lowest BCUT2D eigenvalue weighted by atomic mass is 10.0. The van der Waals surface area contributed by atoms with Crippen LogP contribution in [0, 0.1) is 0 Å². The van der Waals surface area contributed by atoms with Crippen LogP contribution in [0.3, 0.4) is 0 Å². The molecule has 4 rings (SSSR count). The molecule has 0 spiro atoms. The summed E-state index contributed by atoms with van der Waals surface area (Å²) in [5.41, 5.74) is 5.01. The molecule has 0 aliphatic heterocycles. The summed E-state index contributed by atoms with van der Waals surface area (Å²) < 4.78 is 25.9. The zero-order valence-electron chi connectivity index (χ0n) is 17.5. The summed E-state index contributed by atoms with van der Waals surface area (Å²) in [6, 6.07) is 13.7. The molecular formula is C21H22N6O4S. The summed E-state index contributed by atoms with van der Waals surface area (Å²) in [5.74, 6) is -0.969. The minimum Gasteiger partial charge on any atom is -0.289 e. The van der Waals surface area contributed by atoms with Gasteiger partial charge in [-0.1, -0.05) is 29.5 Å².